The Labute approximate surface area is 147 Å². The predicted octanol–water partition coefficient (Wildman–Crippen LogP) is 4.39. The summed E-state index contributed by atoms with van der Waals surface area (Å²) in [5, 5.41) is 1.29. The van der Waals surface area contributed by atoms with E-state index >= 15 is 0 Å². The highest BCUT2D eigenvalue weighted by Crippen LogP contribution is 2.34. The van der Waals surface area contributed by atoms with Gasteiger partial charge >= 0.3 is 0 Å². The molecule has 1 saturated heterocycles. The molecule has 0 saturated carbocycles. The van der Waals surface area contributed by atoms with Gasteiger partial charge in [-0.15, -0.1) is 0 Å². The van der Waals surface area contributed by atoms with Crippen molar-refractivity contribution in [2.75, 3.05) is 13.1 Å². The number of hydrogen-bond donors (Lipinski definition) is 0. The topological polar surface area (TPSA) is 50.5 Å². The fourth-order valence-electron chi connectivity index (χ4n) is 2.81. The van der Waals surface area contributed by atoms with Crippen LogP contribution in [-0.4, -0.2) is 31.7 Å². The molecule has 0 spiro atoms. The minimum atomic E-state index is -3.89. The summed E-state index contributed by atoms with van der Waals surface area (Å²) in [6, 6.07) is 11.5. The highest BCUT2D eigenvalue weighted by molar-refractivity contribution is 7.89. The van der Waals surface area contributed by atoms with E-state index in [1.54, 1.807) is 30.5 Å². The van der Waals surface area contributed by atoms with Gasteiger partial charge in [0.15, 0.2) is 5.58 Å². The molecule has 0 unspecified atom stereocenters. The average Bonchev–Trinajstić information content (AvgIpc) is 3.02. The Kier molecular flexibility index (Phi) is 3.64. The van der Waals surface area contributed by atoms with E-state index in [4.69, 9.17) is 16.0 Å². The molecule has 0 aliphatic carbocycles. The number of halogens is 3. The molecule has 3 aromatic rings. The summed E-state index contributed by atoms with van der Waals surface area (Å²) in [5.74, 6) is -2.94. The minimum Gasteiger partial charge on any atom is -0.463 e. The Morgan fingerprint density at radius 3 is 2.36 bits per heavy atom. The summed E-state index contributed by atoms with van der Waals surface area (Å²) < 4.78 is 56.5. The maximum Gasteiger partial charge on any atom is 0.275 e. The van der Waals surface area contributed by atoms with Gasteiger partial charge < -0.3 is 4.42 Å². The van der Waals surface area contributed by atoms with Gasteiger partial charge in [0.05, 0.1) is 29.3 Å². The SMILES string of the molecule is O=S(=O)(c1ccc(-c2cc(Cl)c3occc3c2)cc1)N1CC(F)(F)C1. The zero-order valence-corrected chi connectivity index (χ0v) is 14.3. The van der Waals surface area contributed by atoms with E-state index in [2.05, 4.69) is 0 Å². The third-order valence-electron chi connectivity index (χ3n) is 4.15. The van der Waals surface area contributed by atoms with Crippen LogP contribution in [0.2, 0.25) is 5.02 Å². The molecule has 2 heterocycles. The standard InChI is InChI=1S/C17H12ClF2NO3S/c18-15-8-13(7-12-5-6-24-16(12)15)11-1-3-14(4-2-11)25(22,23)21-9-17(19,20)10-21/h1-8H,9-10H2. The van der Waals surface area contributed by atoms with Gasteiger partial charge in [-0.3, -0.25) is 0 Å². The molecule has 1 aliphatic heterocycles. The van der Waals surface area contributed by atoms with Crippen molar-refractivity contribution in [3.63, 3.8) is 0 Å². The highest BCUT2D eigenvalue weighted by Gasteiger charge is 2.49. The molecule has 4 rings (SSSR count). The predicted molar refractivity (Wildman–Crippen MR) is 90.4 cm³/mol. The molecular formula is C17H12ClF2NO3S. The lowest BCUT2D eigenvalue weighted by Crippen LogP contribution is -2.58. The Morgan fingerprint density at radius 2 is 1.72 bits per heavy atom. The Balaban J connectivity index is 1.65. The van der Waals surface area contributed by atoms with E-state index in [9.17, 15) is 17.2 Å². The van der Waals surface area contributed by atoms with E-state index in [1.807, 2.05) is 6.07 Å². The lowest BCUT2D eigenvalue weighted by Gasteiger charge is -2.37. The summed E-state index contributed by atoms with van der Waals surface area (Å²) in [6.07, 6.45) is 1.54. The molecule has 0 radical (unpaired) electrons. The number of furan rings is 1. The molecule has 1 aliphatic rings. The molecule has 0 amide bonds. The lowest BCUT2D eigenvalue weighted by molar-refractivity contribution is -0.0945. The van der Waals surface area contributed by atoms with Crippen LogP contribution in [0.5, 0.6) is 0 Å². The molecule has 130 valence electrons. The summed E-state index contributed by atoms with van der Waals surface area (Å²) in [7, 11) is -3.89. The van der Waals surface area contributed by atoms with Crippen LogP contribution in [0, 0.1) is 0 Å². The van der Waals surface area contributed by atoms with Gasteiger partial charge in [0.2, 0.25) is 10.0 Å². The van der Waals surface area contributed by atoms with Crippen molar-refractivity contribution in [3.05, 3.63) is 53.8 Å². The van der Waals surface area contributed by atoms with Gasteiger partial charge in [-0.2, -0.15) is 4.31 Å². The van der Waals surface area contributed by atoms with E-state index in [1.165, 1.54) is 12.1 Å². The molecule has 2 aromatic carbocycles. The first-order valence-electron chi connectivity index (χ1n) is 7.41. The van der Waals surface area contributed by atoms with Crippen molar-refractivity contribution < 1.29 is 21.6 Å². The summed E-state index contributed by atoms with van der Waals surface area (Å²) in [6.45, 7) is -1.55. The van der Waals surface area contributed by atoms with Crippen molar-refractivity contribution in [1.82, 2.24) is 4.31 Å². The largest absolute Gasteiger partial charge is 0.463 e. The number of alkyl halides is 2. The molecule has 25 heavy (non-hydrogen) atoms. The normalized spacial score (nSPS) is 17.6. The zero-order valence-electron chi connectivity index (χ0n) is 12.7. The van der Waals surface area contributed by atoms with Crippen molar-refractivity contribution in [3.8, 4) is 11.1 Å². The first-order valence-corrected chi connectivity index (χ1v) is 9.23. The molecule has 8 heteroatoms. The summed E-state index contributed by atoms with van der Waals surface area (Å²) in [5.41, 5.74) is 2.15. The van der Waals surface area contributed by atoms with Crippen LogP contribution in [-0.2, 0) is 10.0 Å². The van der Waals surface area contributed by atoms with E-state index in [0.29, 0.717) is 10.6 Å². The maximum absolute atomic E-state index is 12.9. The smallest absolute Gasteiger partial charge is 0.275 e. The Bertz CT molecular complexity index is 1050. The molecule has 4 nitrogen and oxygen atoms in total. The summed E-state index contributed by atoms with van der Waals surface area (Å²) in [4.78, 5) is -0.0118. The highest BCUT2D eigenvalue weighted by atomic mass is 35.5. The van der Waals surface area contributed by atoms with Gasteiger partial charge in [-0.25, -0.2) is 17.2 Å². The number of benzene rings is 2. The van der Waals surface area contributed by atoms with Crippen molar-refractivity contribution >= 4 is 32.6 Å². The molecule has 0 bridgehead atoms. The number of rotatable bonds is 3. The summed E-state index contributed by atoms with van der Waals surface area (Å²) >= 11 is 6.18. The Morgan fingerprint density at radius 1 is 1.04 bits per heavy atom. The van der Waals surface area contributed by atoms with Gasteiger partial charge in [-0.05, 0) is 41.5 Å². The molecule has 0 N–H and O–H groups in total. The van der Waals surface area contributed by atoms with E-state index < -0.39 is 29.0 Å². The molecule has 1 aromatic heterocycles. The molecule has 0 atom stereocenters. The van der Waals surface area contributed by atoms with E-state index in [-0.39, 0.29) is 4.90 Å². The van der Waals surface area contributed by atoms with Crippen LogP contribution in [0.1, 0.15) is 0 Å². The van der Waals surface area contributed by atoms with Crippen LogP contribution >= 0.6 is 11.6 Å². The molecule has 1 fully saturated rings. The number of sulfonamides is 1. The van der Waals surface area contributed by atoms with Crippen LogP contribution in [0.3, 0.4) is 0 Å². The first kappa shape index (κ1) is 16.5. The molecular weight excluding hydrogens is 372 g/mol. The second kappa shape index (κ2) is 5.52. The van der Waals surface area contributed by atoms with E-state index in [0.717, 1.165) is 20.8 Å². The maximum atomic E-state index is 12.9. The minimum absolute atomic E-state index is 0.0118. The van der Waals surface area contributed by atoms with Gasteiger partial charge in [0.1, 0.15) is 0 Å². The third kappa shape index (κ3) is 2.82. The van der Waals surface area contributed by atoms with Crippen molar-refractivity contribution in [2.45, 2.75) is 10.8 Å². The van der Waals surface area contributed by atoms with Gasteiger partial charge in [0, 0.05) is 5.39 Å². The van der Waals surface area contributed by atoms with Gasteiger partial charge in [0.25, 0.3) is 5.92 Å². The number of fused-ring (bicyclic) bond motifs is 1. The first-order chi connectivity index (χ1) is 11.8. The van der Waals surface area contributed by atoms with Crippen LogP contribution in [0.25, 0.3) is 22.1 Å². The lowest BCUT2D eigenvalue weighted by atomic mass is 10.0. The van der Waals surface area contributed by atoms with Crippen LogP contribution in [0.15, 0.2) is 58.0 Å². The number of hydrogen-bond acceptors (Lipinski definition) is 3. The fourth-order valence-corrected chi connectivity index (χ4v) is 4.58. The van der Waals surface area contributed by atoms with Crippen LogP contribution in [0.4, 0.5) is 8.78 Å². The zero-order chi connectivity index (χ0) is 17.8. The van der Waals surface area contributed by atoms with Crippen molar-refractivity contribution in [2.24, 2.45) is 0 Å². The third-order valence-corrected chi connectivity index (χ3v) is 6.23. The second-order valence-electron chi connectivity index (χ2n) is 5.95. The monoisotopic (exact) mass is 383 g/mol. The fraction of sp³-hybridized carbons (Fsp3) is 0.176. The number of nitrogens with zero attached hydrogens (tertiary/aromatic N) is 1. The van der Waals surface area contributed by atoms with Crippen LogP contribution < -0.4 is 0 Å². The van der Waals surface area contributed by atoms with Crippen molar-refractivity contribution in [1.29, 1.82) is 0 Å². The second-order valence-corrected chi connectivity index (χ2v) is 8.30. The van der Waals surface area contributed by atoms with Gasteiger partial charge in [-0.1, -0.05) is 23.7 Å². The Hall–Kier alpha value is -1.96. The quantitative estimate of drug-likeness (QED) is 0.674. The average molecular weight is 384 g/mol.